The van der Waals surface area contributed by atoms with Gasteiger partial charge in [-0.05, 0) is 67.6 Å². The molecule has 0 radical (unpaired) electrons. The highest BCUT2D eigenvalue weighted by molar-refractivity contribution is 7.89. The van der Waals surface area contributed by atoms with E-state index in [0.29, 0.717) is 18.0 Å². The molecule has 0 atom stereocenters. The van der Waals surface area contributed by atoms with Crippen LogP contribution in [-0.4, -0.2) is 48.8 Å². The van der Waals surface area contributed by atoms with Gasteiger partial charge in [-0.2, -0.15) is 4.31 Å². The molecule has 1 aromatic carbocycles. The summed E-state index contributed by atoms with van der Waals surface area (Å²) in [5.74, 6) is 0. The fourth-order valence-corrected chi connectivity index (χ4v) is 5.57. The summed E-state index contributed by atoms with van der Waals surface area (Å²) in [6.07, 6.45) is 3.59. The maximum atomic E-state index is 13.3. The van der Waals surface area contributed by atoms with Crippen LogP contribution in [0.4, 0.5) is 0 Å². The standard InChI is InChI=1S/C20H27N3O2S/c1-15-13-16(2)18(4)20(17(15)3)26(24,25)23-11-9-22(10-12-23)14-19-5-7-21-8-6-19/h5-8,13H,9-12,14H2,1-4H3. The van der Waals surface area contributed by atoms with Gasteiger partial charge < -0.3 is 0 Å². The van der Waals surface area contributed by atoms with Crippen LogP contribution in [0.25, 0.3) is 0 Å². The second-order valence-electron chi connectivity index (χ2n) is 7.13. The Balaban J connectivity index is 1.77. The molecular weight excluding hydrogens is 346 g/mol. The number of pyridine rings is 1. The van der Waals surface area contributed by atoms with E-state index in [4.69, 9.17) is 0 Å². The van der Waals surface area contributed by atoms with Crippen molar-refractivity contribution < 1.29 is 8.42 Å². The van der Waals surface area contributed by atoms with Gasteiger partial charge in [-0.15, -0.1) is 0 Å². The summed E-state index contributed by atoms with van der Waals surface area (Å²) in [5.41, 5.74) is 5.00. The van der Waals surface area contributed by atoms with Crippen LogP contribution in [-0.2, 0) is 16.6 Å². The molecule has 0 unspecified atom stereocenters. The van der Waals surface area contributed by atoms with Crippen molar-refractivity contribution in [2.75, 3.05) is 26.2 Å². The van der Waals surface area contributed by atoms with Gasteiger partial charge in [0.25, 0.3) is 0 Å². The SMILES string of the molecule is Cc1cc(C)c(C)c(S(=O)(=O)N2CCN(Cc3ccncc3)CC2)c1C. The summed E-state index contributed by atoms with van der Waals surface area (Å²) >= 11 is 0. The van der Waals surface area contributed by atoms with Crippen LogP contribution >= 0.6 is 0 Å². The zero-order valence-electron chi connectivity index (χ0n) is 16.0. The van der Waals surface area contributed by atoms with Crippen molar-refractivity contribution >= 4 is 10.0 Å². The van der Waals surface area contributed by atoms with E-state index in [2.05, 4.69) is 16.0 Å². The molecule has 1 aliphatic rings. The number of nitrogens with zero attached hydrogens (tertiary/aromatic N) is 3. The van der Waals surface area contributed by atoms with Gasteiger partial charge in [0.2, 0.25) is 10.0 Å². The number of rotatable bonds is 4. The minimum atomic E-state index is -3.47. The average Bonchev–Trinajstić information content (AvgIpc) is 2.61. The van der Waals surface area contributed by atoms with Crippen LogP contribution in [0.2, 0.25) is 0 Å². The topological polar surface area (TPSA) is 53.5 Å². The Morgan fingerprint density at radius 1 is 0.923 bits per heavy atom. The summed E-state index contributed by atoms with van der Waals surface area (Å²) in [6, 6.07) is 6.08. The van der Waals surface area contributed by atoms with E-state index in [1.54, 1.807) is 16.7 Å². The summed E-state index contributed by atoms with van der Waals surface area (Å²) < 4.78 is 28.2. The summed E-state index contributed by atoms with van der Waals surface area (Å²) in [4.78, 5) is 6.83. The molecule has 6 heteroatoms. The van der Waals surface area contributed by atoms with E-state index in [0.717, 1.165) is 41.9 Å². The number of sulfonamides is 1. The molecule has 0 amide bonds. The molecule has 1 aromatic heterocycles. The number of piperazine rings is 1. The van der Waals surface area contributed by atoms with E-state index in [1.807, 2.05) is 39.8 Å². The number of aryl methyl sites for hydroxylation is 2. The second kappa shape index (κ2) is 7.47. The molecular formula is C20H27N3O2S. The smallest absolute Gasteiger partial charge is 0.243 e. The van der Waals surface area contributed by atoms with Crippen molar-refractivity contribution in [3.8, 4) is 0 Å². The molecule has 1 saturated heterocycles. The zero-order valence-corrected chi connectivity index (χ0v) is 16.8. The Morgan fingerprint density at radius 3 is 2.00 bits per heavy atom. The average molecular weight is 374 g/mol. The van der Waals surface area contributed by atoms with Crippen molar-refractivity contribution in [1.82, 2.24) is 14.2 Å². The van der Waals surface area contributed by atoms with Gasteiger partial charge >= 0.3 is 0 Å². The first-order valence-electron chi connectivity index (χ1n) is 8.99. The Morgan fingerprint density at radius 2 is 1.46 bits per heavy atom. The molecule has 26 heavy (non-hydrogen) atoms. The van der Waals surface area contributed by atoms with Crippen LogP contribution < -0.4 is 0 Å². The zero-order chi connectivity index (χ0) is 18.9. The Kier molecular flexibility index (Phi) is 5.46. The number of aromatic nitrogens is 1. The first-order valence-corrected chi connectivity index (χ1v) is 10.4. The normalized spacial score (nSPS) is 16.8. The highest BCUT2D eigenvalue weighted by Crippen LogP contribution is 2.29. The van der Waals surface area contributed by atoms with Crippen molar-refractivity contribution in [2.24, 2.45) is 0 Å². The van der Waals surface area contributed by atoms with Gasteiger partial charge in [-0.25, -0.2) is 8.42 Å². The maximum absolute atomic E-state index is 13.3. The molecule has 0 saturated carbocycles. The largest absolute Gasteiger partial charge is 0.296 e. The van der Waals surface area contributed by atoms with Gasteiger partial charge in [0.15, 0.2) is 0 Å². The quantitative estimate of drug-likeness (QED) is 0.827. The Hall–Kier alpha value is -1.76. The first kappa shape index (κ1) is 19.0. The Labute approximate surface area is 156 Å². The molecule has 0 spiro atoms. The van der Waals surface area contributed by atoms with Crippen molar-refractivity contribution in [1.29, 1.82) is 0 Å². The van der Waals surface area contributed by atoms with E-state index in [1.165, 1.54) is 5.56 Å². The molecule has 3 rings (SSSR count). The van der Waals surface area contributed by atoms with Crippen molar-refractivity contribution in [3.63, 3.8) is 0 Å². The lowest BCUT2D eigenvalue weighted by molar-refractivity contribution is 0.181. The van der Waals surface area contributed by atoms with Gasteiger partial charge in [0.1, 0.15) is 0 Å². The maximum Gasteiger partial charge on any atom is 0.243 e. The second-order valence-corrected chi connectivity index (χ2v) is 9.00. The third kappa shape index (κ3) is 3.68. The van der Waals surface area contributed by atoms with E-state index >= 15 is 0 Å². The highest BCUT2D eigenvalue weighted by Gasteiger charge is 2.31. The minimum Gasteiger partial charge on any atom is -0.296 e. The monoisotopic (exact) mass is 373 g/mol. The minimum absolute atomic E-state index is 0.498. The number of hydrogen-bond acceptors (Lipinski definition) is 4. The van der Waals surface area contributed by atoms with E-state index in [9.17, 15) is 8.42 Å². The third-order valence-electron chi connectivity index (χ3n) is 5.38. The molecule has 2 aromatic rings. The summed E-state index contributed by atoms with van der Waals surface area (Å²) in [5, 5.41) is 0. The predicted octanol–water partition coefficient (Wildman–Crippen LogP) is 2.82. The number of hydrogen-bond donors (Lipinski definition) is 0. The Bertz CT molecular complexity index is 861. The third-order valence-corrected chi connectivity index (χ3v) is 7.56. The fourth-order valence-electron chi connectivity index (χ4n) is 3.57. The van der Waals surface area contributed by atoms with Gasteiger partial charge in [0, 0.05) is 45.1 Å². The lowest BCUT2D eigenvalue weighted by Gasteiger charge is -2.34. The first-order chi connectivity index (χ1) is 12.3. The van der Waals surface area contributed by atoms with Gasteiger partial charge in [0.05, 0.1) is 4.90 Å². The molecule has 0 aliphatic carbocycles. The van der Waals surface area contributed by atoms with Crippen LogP contribution in [0.1, 0.15) is 27.8 Å². The van der Waals surface area contributed by atoms with Crippen LogP contribution in [0.5, 0.6) is 0 Å². The van der Waals surface area contributed by atoms with Crippen molar-refractivity contribution in [3.05, 3.63) is 58.4 Å². The van der Waals surface area contributed by atoms with Gasteiger partial charge in [-0.1, -0.05) is 6.07 Å². The molecule has 0 bridgehead atoms. The lowest BCUT2D eigenvalue weighted by atomic mass is 10.0. The fraction of sp³-hybridized carbons (Fsp3) is 0.450. The van der Waals surface area contributed by atoms with Crippen LogP contribution in [0.3, 0.4) is 0 Å². The van der Waals surface area contributed by atoms with Crippen LogP contribution in [0, 0.1) is 27.7 Å². The molecule has 5 nitrogen and oxygen atoms in total. The number of benzene rings is 1. The van der Waals surface area contributed by atoms with Crippen molar-refractivity contribution in [2.45, 2.75) is 39.1 Å². The van der Waals surface area contributed by atoms with Crippen LogP contribution in [0.15, 0.2) is 35.5 Å². The molecule has 1 fully saturated rings. The highest BCUT2D eigenvalue weighted by atomic mass is 32.2. The predicted molar refractivity (Wildman–Crippen MR) is 104 cm³/mol. The van der Waals surface area contributed by atoms with E-state index in [-0.39, 0.29) is 0 Å². The molecule has 0 N–H and O–H groups in total. The molecule has 1 aliphatic heterocycles. The molecule has 2 heterocycles. The van der Waals surface area contributed by atoms with E-state index < -0.39 is 10.0 Å². The summed E-state index contributed by atoms with van der Waals surface area (Å²) in [6.45, 7) is 11.1. The lowest BCUT2D eigenvalue weighted by Crippen LogP contribution is -2.48. The molecule has 140 valence electrons. The van der Waals surface area contributed by atoms with Gasteiger partial charge in [-0.3, -0.25) is 9.88 Å². The summed E-state index contributed by atoms with van der Waals surface area (Å²) in [7, 11) is -3.47.